The summed E-state index contributed by atoms with van der Waals surface area (Å²) in [4.78, 5) is 12.3. The molecule has 0 radical (unpaired) electrons. The van der Waals surface area contributed by atoms with E-state index in [0.29, 0.717) is 18.9 Å². The average molecular weight is 337 g/mol. The molecule has 1 heterocycles. The number of hydrogen-bond donors (Lipinski definition) is 2. The number of nitrogens with one attached hydrogen (secondary N) is 1. The predicted octanol–water partition coefficient (Wildman–Crippen LogP) is 4.26. The van der Waals surface area contributed by atoms with Crippen molar-refractivity contribution in [2.24, 2.45) is 0 Å². The van der Waals surface area contributed by atoms with Crippen LogP contribution in [-0.4, -0.2) is 11.0 Å². The summed E-state index contributed by atoms with van der Waals surface area (Å²) in [5, 5.41) is 12.7. The summed E-state index contributed by atoms with van der Waals surface area (Å²) in [5.74, 6) is 0.376. The first-order chi connectivity index (χ1) is 12.1. The molecule has 0 unspecified atom stereocenters. The normalized spacial score (nSPS) is 10.6. The number of aromatic hydroxyl groups is 1. The average Bonchev–Trinajstić information content (AvgIpc) is 3.08. The molecule has 0 aliphatic heterocycles. The fourth-order valence-electron chi connectivity index (χ4n) is 2.44. The van der Waals surface area contributed by atoms with E-state index in [9.17, 15) is 9.90 Å². The number of phenols is 1. The first-order valence-corrected chi connectivity index (χ1v) is 7.92. The highest BCUT2D eigenvalue weighted by Gasteiger charge is 2.11. The van der Waals surface area contributed by atoms with Gasteiger partial charge in [-0.2, -0.15) is 0 Å². The Labute approximate surface area is 145 Å². The molecule has 0 saturated carbocycles. The van der Waals surface area contributed by atoms with E-state index in [1.807, 2.05) is 37.3 Å². The molecule has 0 spiro atoms. The molecule has 3 aromatic rings. The van der Waals surface area contributed by atoms with E-state index in [1.54, 1.807) is 30.5 Å². The van der Waals surface area contributed by atoms with Gasteiger partial charge in [0.2, 0.25) is 0 Å². The van der Waals surface area contributed by atoms with Gasteiger partial charge in [-0.1, -0.05) is 18.2 Å². The molecule has 0 aliphatic carbocycles. The minimum absolute atomic E-state index is 0.0320. The molecule has 0 saturated heterocycles. The van der Waals surface area contributed by atoms with Gasteiger partial charge in [0.25, 0.3) is 5.91 Å². The zero-order chi connectivity index (χ0) is 17.6. The minimum Gasteiger partial charge on any atom is -0.507 e. The fraction of sp³-hybridized carbons (Fsp3) is 0.150. The van der Waals surface area contributed by atoms with Crippen LogP contribution in [0.3, 0.4) is 0 Å². The van der Waals surface area contributed by atoms with E-state index in [-0.39, 0.29) is 17.2 Å². The molecular weight excluding hydrogens is 318 g/mol. The molecule has 5 heteroatoms. The van der Waals surface area contributed by atoms with Gasteiger partial charge >= 0.3 is 0 Å². The van der Waals surface area contributed by atoms with Crippen LogP contribution in [0.4, 0.5) is 5.69 Å². The van der Waals surface area contributed by atoms with Gasteiger partial charge < -0.3 is 19.6 Å². The standard InChI is InChI=1S/C20H19NO4/c1-14-7-8-18(19(22)10-14)20(23)21-16-5-2-4-15(11-16)12-24-13-17-6-3-9-25-17/h2-11,22H,12-13H2,1H3,(H,21,23). The van der Waals surface area contributed by atoms with Gasteiger partial charge in [0.05, 0.1) is 18.4 Å². The van der Waals surface area contributed by atoms with E-state index in [4.69, 9.17) is 9.15 Å². The Kier molecular flexibility index (Phi) is 5.16. The van der Waals surface area contributed by atoms with Crippen molar-refractivity contribution in [2.75, 3.05) is 5.32 Å². The van der Waals surface area contributed by atoms with Crippen LogP contribution in [-0.2, 0) is 18.0 Å². The Bertz CT molecular complexity index is 856. The lowest BCUT2D eigenvalue weighted by atomic mass is 10.1. The number of rotatable bonds is 6. The van der Waals surface area contributed by atoms with Crippen molar-refractivity contribution < 1.29 is 19.1 Å². The van der Waals surface area contributed by atoms with Crippen LogP contribution in [0.25, 0.3) is 0 Å². The summed E-state index contributed by atoms with van der Waals surface area (Å²) in [5.41, 5.74) is 2.70. The van der Waals surface area contributed by atoms with Crippen LogP contribution in [0.5, 0.6) is 5.75 Å². The lowest BCUT2D eigenvalue weighted by molar-refractivity contribution is 0.0929. The number of furan rings is 1. The topological polar surface area (TPSA) is 71.7 Å². The van der Waals surface area contributed by atoms with Crippen molar-refractivity contribution in [3.8, 4) is 5.75 Å². The van der Waals surface area contributed by atoms with E-state index in [0.717, 1.165) is 16.9 Å². The van der Waals surface area contributed by atoms with Gasteiger partial charge in [0, 0.05) is 5.69 Å². The van der Waals surface area contributed by atoms with Crippen LogP contribution >= 0.6 is 0 Å². The number of benzene rings is 2. The lowest BCUT2D eigenvalue weighted by Gasteiger charge is -2.09. The van der Waals surface area contributed by atoms with Gasteiger partial charge in [-0.05, 0) is 54.4 Å². The number of phenolic OH excluding ortho intramolecular Hbond substituents is 1. The second kappa shape index (κ2) is 7.68. The molecule has 1 aromatic heterocycles. The first-order valence-electron chi connectivity index (χ1n) is 7.92. The van der Waals surface area contributed by atoms with Crippen LogP contribution in [0.1, 0.15) is 27.2 Å². The zero-order valence-corrected chi connectivity index (χ0v) is 13.9. The Morgan fingerprint density at radius 3 is 2.76 bits per heavy atom. The highest BCUT2D eigenvalue weighted by atomic mass is 16.5. The number of ether oxygens (including phenoxy) is 1. The van der Waals surface area contributed by atoms with E-state index in [2.05, 4.69) is 5.32 Å². The van der Waals surface area contributed by atoms with E-state index < -0.39 is 0 Å². The summed E-state index contributed by atoms with van der Waals surface area (Å²) >= 11 is 0. The van der Waals surface area contributed by atoms with Gasteiger partial charge in [-0.3, -0.25) is 4.79 Å². The third kappa shape index (κ3) is 4.49. The van der Waals surface area contributed by atoms with Crippen LogP contribution < -0.4 is 5.32 Å². The van der Waals surface area contributed by atoms with E-state index >= 15 is 0 Å². The molecule has 0 aliphatic rings. The Morgan fingerprint density at radius 1 is 1.12 bits per heavy atom. The first kappa shape index (κ1) is 16.8. The summed E-state index contributed by atoms with van der Waals surface area (Å²) in [6.45, 7) is 2.65. The second-order valence-electron chi connectivity index (χ2n) is 5.75. The van der Waals surface area contributed by atoms with Gasteiger partial charge in [-0.15, -0.1) is 0 Å². The molecule has 0 bridgehead atoms. The maximum Gasteiger partial charge on any atom is 0.259 e. The Morgan fingerprint density at radius 2 is 2.00 bits per heavy atom. The van der Waals surface area contributed by atoms with Crippen LogP contribution in [0, 0.1) is 6.92 Å². The van der Waals surface area contributed by atoms with Crippen molar-refractivity contribution in [1.82, 2.24) is 0 Å². The Hall–Kier alpha value is -3.05. The largest absolute Gasteiger partial charge is 0.507 e. The van der Waals surface area contributed by atoms with Crippen molar-refractivity contribution >= 4 is 11.6 Å². The predicted molar refractivity (Wildman–Crippen MR) is 94.4 cm³/mol. The number of aryl methyl sites for hydroxylation is 1. The summed E-state index contributed by atoms with van der Waals surface area (Å²) < 4.78 is 10.8. The van der Waals surface area contributed by atoms with Crippen LogP contribution in [0.2, 0.25) is 0 Å². The molecule has 2 aromatic carbocycles. The molecule has 5 nitrogen and oxygen atoms in total. The second-order valence-corrected chi connectivity index (χ2v) is 5.75. The highest BCUT2D eigenvalue weighted by molar-refractivity contribution is 6.06. The van der Waals surface area contributed by atoms with Crippen molar-refractivity contribution in [2.45, 2.75) is 20.1 Å². The number of carbonyl (C=O) groups excluding carboxylic acids is 1. The quantitative estimate of drug-likeness (QED) is 0.705. The number of amides is 1. The summed E-state index contributed by atoms with van der Waals surface area (Å²) in [7, 11) is 0. The molecule has 0 fully saturated rings. The zero-order valence-electron chi connectivity index (χ0n) is 13.9. The van der Waals surface area contributed by atoms with Gasteiger partial charge in [0.15, 0.2) is 0 Å². The molecule has 128 valence electrons. The van der Waals surface area contributed by atoms with Gasteiger partial charge in [0.1, 0.15) is 18.1 Å². The Balaban J connectivity index is 1.61. The van der Waals surface area contributed by atoms with Crippen molar-refractivity contribution in [3.05, 3.63) is 83.3 Å². The third-order valence-corrected chi connectivity index (χ3v) is 3.68. The molecule has 0 atom stereocenters. The number of anilines is 1. The number of hydrogen-bond acceptors (Lipinski definition) is 4. The number of carbonyl (C=O) groups is 1. The fourth-order valence-corrected chi connectivity index (χ4v) is 2.44. The third-order valence-electron chi connectivity index (χ3n) is 3.68. The molecule has 25 heavy (non-hydrogen) atoms. The maximum absolute atomic E-state index is 12.3. The summed E-state index contributed by atoms with van der Waals surface area (Å²) in [6.07, 6.45) is 1.61. The van der Waals surface area contributed by atoms with E-state index in [1.165, 1.54) is 0 Å². The lowest BCUT2D eigenvalue weighted by Crippen LogP contribution is -2.12. The highest BCUT2D eigenvalue weighted by Crippen LogP contribution is 2.20. The maximum atomic E-state index is 12.3. The SMILES string of the molecule is Cc1ccc(C(=O)Nc2cccc(COCc3ccco3)c2)c(O)c1. The van der Waals surface area contributed by atoms with Gasteiger partial charge in [-0.25, -0.2) is 0 Å². The monoisotopic (exact) mass is 337 g/mol. The smallest absolute Gasteiger partial charge is 0.259 e. The summed E-state index contributed by atoms with van der Waals surface area (Å²) in [6, 6.07) is 16.0. The molecule has 1 amide bonds. The van der Waals surface area contributed by atoms with Crippen molar-refractivity contribution in [1.29, 1.82) is 0 Å². The van der Waals surface area contributed by atoms with Crippen LogP contribution in [0.15, 0.2) is 65.3 Å². The minimum atomic E-state index is -0.355. The molecule has 2 N–H and O–H groups in total. The molecule has 3 rings (SSSR count). The van der Waals surface area contributed by atoms with Crippen molar-refractivity contribution in [3.63, 3.8) is 0 Å². The molecular formula is C20H19NO4.